The highest BCUT2D eigenvalue weighted by atomic mass is 32.1. The Labute approximate surface area is 205 Å². The van der Waals surface area contributed by atoms with Crippen molar-refractivity contribution in [1.29, 1.82) is 0 Å². The van der Waals surface area contributed by atoms with E-state index in [9.17, 15) is 14.0 Å². The number of piperidine rings is 1. The number of ether oxygens (including phenoxy) is 2. The average molecular weight is 489 g/mol. The molecule has 176 valence electrons. The van der Waals surface area contributed by atoms with Crippen LogP contribution in [0.15, 0.2) is 83.6 Å². The molecule has 0 saturated carbocycles. The van der Waals surface area contributed by atoms with E-state index in [1.807, 2.05) is 35.9 Å². The summed E-state index contributed by atoms with van der Waals surface area (Å²) in [6.07, 6.45) is -1.31. The number of thiophene rings is 1. The summed E-state index contributed by atoms with van der Waals surface area (Å²) in [7, 11) is 0. The van der Waals surface area contributed by atoms with E-state index in [0.717, 1.165) is 11.1 Å². The molecule has 6 nitrogen and oxygen atoms in total. The lowest BCUT2D eigenvalue weighted by molar-refractivity contribution is -0.144. The minimum atomic E-state index is -1.26. The minimum Gasteiger partial charge on any atom is -0.472 e. The molecule has 35 heavy (non-hydrogen) atoms. The lowest BCUT2D eigenvalue weighted by Gasteiger charge is -2.39. The number of nitrogens with one attached hydrogen (secondary N) is 1. The van der Waals surface area contributed by atoms with Gasteiger partial charge in [0.1, 0.15) is 22.9 Å². The van der Waals surface area contributed by atoms with Crippen molar-refractivity contribution in [3.05, 3.63) is 106 Å². The number of carbonyl (C=O) groups is 2. The highest BCUT2D eigenvalue weighted by Crippen LogP contribution is 2.38. The van der Waals surface area contributed by atoms with Crippen LogP contribution >= 0.6 is 11.3 Å². The summed E-state index contributed by atoms with van der Waals surface area (Å²) >= 11 is 1.45. The van der Waals surface area contributed by atoms with Gasteiger partial charge in [0, 0.05) is 12.5 Å². The Kier molecular flexibility index (Phi) is 6.05. The van der Waals surface area contributed by atoms with Crippen molar-refractivity contribution in [2.24, 2.45) is 0 Å². The van der Waals surface area contributed by atoms with Crippen LogP contribution in [0.1, 0.15) is 23.2 Å². The number of ketones is 1. The van der Waals surface area contributed by atoms with Gasteiger partial charge >= 0.3 is 0 Å². The minimum absolute atomic E-state index is 0.0426. The molecule has 2 aromatic heterocycles. The first-order valence-electron chi connectivity index (χ1n) is 11.0. The van der Waals surface area contributed by atoms with Crippen LogP contribution < -0.4 is 14.8 Å². The monoisotopic (exact) mass is 488 g/mol. The van der Waals surface area contributed by atoms with E-state index < -0.39 is 17.6 Å². The van der Waals surface area contributed by atoms with E-state index in [2.05, 4.69) is 10.3 Å². The molecule has 3 heterocycles. The molecule has 2 unspecified atom stereocenters. The van der Waals surface area contributed by atoms with Crippen molar-refractivity contribution < 1.29 is 23.5 Å². The lowest BCUT2D eigenvalue weighted by atomic mass is 9.79. The molecule has 0 radical (unpaired) electrons. The fourth-order valence-corrected chi connectivity index (χ4v) is 4.80. The molecule has 2 aromatic carbocycles. The number of para-hydroxylation sites is 1. The van der Waals surface area contributed by atoms with Crippen LogP contribution in [0.2, 0.25) is 0 Å². The third kappa shape index (κ3) is 4.52. The smallest absolute Gasteiger partial charge is 0.269 e. The molecule has 0 aliphatic carbocycles. The van der Waals surface area contributed by atoms with Gasteiger partial charge in [-0.25, -0.2) is 9.37 Å². The number of halogens is 1. The number of hydrogen-bond acceptors (Lipinski definition) is 6. The van der Waals surface area contributed by atoms with Crippen LogP contribution in [0.5, 0.6) is 17.4 Å². The van der Waals surface area contributed by atoms with Gasteiger partial charge < -0.3 is 14.8 Å². The predicted molar refractivity (Wildman–Crippen MR) is 129 cm³/mol. The van der Waals surface area contributed by atoms with Crippen molar-refractivity contribution >= 4 is 23.0 Å². The molecule has 1 fully saturated rings. The largest absolute Gasteiger partial charge is 0.472 e. The molecule has 4 aromatic rings. The number of nitrogens with zero attached hydrogens (tertiary/aromatic N) is 1. The fourth-order valence-electron chi connectivity index (χ4n) is 4.07. The van der Waals surface area contributed by atoms with Crippen LogP contribution in [0, 0.1) is 12.7 Å². The van der Waals surface area contributed by atoms with Crippen LogP contribution in [0.4, 0.5) is 4.39 Å². The lowest BCUT2D eigenvalue weighted by Crippen LogP contribution is -2.60. The highest BCUT2D eigenvalue weighted by molar-refractivity contribution is 7.08. The number of benzene rings is 2. The van der Waals surface area contributed by atoms with E-state index in [-0.39, 0.29) is 23.9 Å². The quantitative estimate of drug-likeness (QED) is 0.379. The van der Waals surface area contributed by atoms with Crippen molar-refractivity contribution in [2.75, 3.05) is 0 Å². The van der Waals surface area contributed by atoms with E-state index in [0.29, 0.717) is 17.2 Å². The Morgan fingerprint density at radius 1 is 1.03 bits per heavy atom. The Morgan fingerprint density at radius 3 is 2.54 bits per heavy atom. The van der Waals surface area contributed by atoms with E-state index in [4.69, 9.17) is 9.47 Å². The summed E-state index contributed by atoms with van der Waals surface area (Å²) in [5.74, 6) is -0.116. The molecule has 0 bridgehead atoms. The third-order valence-corrected chi connectivity index (χ3v) is 6.54. The zero-order valence-electron chi connectivity index (χ0n) is 18.7. The second-order valence-electron chi connectivity index (χ2n) is 8.23. The summed E-state index contributed by atoms with van der Waals surface area (Å²) in [4.78, 5) is 31.2. The normalized spacial score (nSPS) is 19.8. The van der Waals surface area contributed by atoms with E-state index >= 15 is 0 Å². The Hall–Kier alpha value is -4.04. The van der Waals surface area contributed by atoms with Crippen LogP contribution in [-0.2, 0) is 15.1 Å². The SMILES string of the molecule is Cc1ccccc1OC1C(=O)CC(c2ccsc2)(c2cccc(Oc3ccc(F)cc3)n2)NC1=O. The predicted octanol–water partition coefficient (Wildman–Crippen LogP) is 5.16. The molecule has 1 aliphatic heterocycles. The molecule has 8 heteroatoms. The number of amides is 1. The van der Waals surface area contributed by atoms with E-state index in [1.54, 1.807) is 30.3 Å². The molecular weight excluding hydrogens is 467 g/mol. The molecule has 2 atom stereocenters. The fraction of sp³-hybridized carbons (Fsp3) is 0.148. The van der Waals surface area contributed by atoms with Gasteiger partial charge in [-0.2, -0.15) is 11.3 Å². The van der Waals surface area contributed by atoms with E-state index in [1.165, 1.54) is 35.6 Å². The molecule has 5 rings (SSSR count). The summed E-state index contributed by atoms with van der Waals surface area (Å²) in [5.41, 5.74) is 0.841. The number of aryl methyl sites for hydroxylation is 1. The zero-order valence-corrected chi connectivity index (χ0v) is 19.6. The van der Waals surface area contributed by atoms with Gasteiger partial charge in [-0.15, -0.1) is 0 Å². The van der Waals surface area contributed by atoms with Gasteiger partial charge in [-0.1, -0.05) is 24.3 Å². The summed E-state index contributed by atoms with van der Waals surface area (Å²) in [6, 6.07) is 19.8. The van der Waals surface area contributed by atoms with Crippen molar-refractivity contribution in [3.8, 4) is 17.4 Å². The maximum absolute atomic E-state index is 13.3. The Morgan fingerprint density at radius 2 is 1.83 bits per heavy atom. The Balaban J connectivity index is 1.48. The number of hydrogen-bond donors (Lipinski definition) is 1. The van der Waals surface area contributed by atoms with Crippen LogP contribution in [0.3, 0.4) is 0 Å². The average Bonchev–Trinajstić information content (AvgIpc) is 3.40. The first kappa shape index (κ1) is 22.7. The number of carbonyl (C=O) groups excluding carboxylic acids is 2. The van der Waals surface area contributed by atoms with Gasteiger partial charge in [-0.05, 0) is 71.3 Å². The second-order valence-corrected chi connectivity index (χ2v) is 9.01. The first-order valence-corrected chi connectivity index (χ1v) is 11.9. The number of pyridine rings is 1. The molecule has 1 N–H and O–H groups in total. The number of Topliss-reactive ketones (excluding diaryl/α,β-unsaturated/α-hetero) is 1. The maximum Gasteiger partial charge on any atom is 0.269 e. The van der Waals surface area contributed by atoms with Crippen molar-refractivity contribution in [3.63, 3.8) is 0 Å². The van der Waals surface area contributed by atoms with Gasteiger partial charge in [-0.3, -0.25) is 9.59 Å². The third-order valence-electron chi connectivity index (χ3n) is 5.86. The van der Waals surface area contributed by atoms with Gasteiger partial charge in [0.15, 0.2) is 5.78 Å². The van der Waals surface area contributed by atoms with Crippen LogP contribution in [0.25, 0.3) is 0 Å². The van der Waals surface area contributed by atoms with Gasteiger partial charge in [0.25, 0.3) is 5.91 Å². The van der Waals surface area contributed by atoms with Gasteiger partial charge in [0.2, 0.25) is 12.0 Å². The Bertz CT molecular complexity index is 1350. The molecule has 0 spiro atoms. The molecular formula is C27H21FN2O4S. The highest BCUT2D eigenvalue weighted by Gasteiger charge is 2.49. The molecule has 1 aliphatic rings. The zero-order chi connectivity index (χ0) is 24.4. The van der Waals surface area contributed by atoms with Crippen molar-refractivity contribution in [2.45, 2.75) is 25.0 Å². The van der Waals surface area contributed by atoms with Crippen molar-refractivity contribution in [1.82, 2.24) is 10.3 Å². The molecule has 1 amide bonds. The van der Waals surface area contributed by atoms with Crippen LogP contribution in [-0.4, -0.2) is 22.8 Å². The standard InChI is InChI=1S/C27H21FN2O4S/c1-17-5-2-3-6-22(17)34-25-21(31)15-27(30-26(25)32,18-13-14-35-16-18)23-7-4-8-24(29-23)33-20-11-9-19(28)10-12-20/h2-14,16,25H,15H2,1H3,(H,30,32). The summed E-state index contributed by atoms with van der Waals surface area (Å²) in [5, 5.41) is 6.78. The number of aromatic nitrogens is 1. The first-order chi connectivity index (χ1) is 16.9. The summed E-state index contributed by atoms with van der Waals surface area (Å²) < 4.78 is 24.9. The topological polar surface area (TPSA) is 77.5 Å². The number of rotatable bonds is 6. The second kappa shape index (κ2) is 9.31. The maximum atomic E-state index is 13.3. The molecule has 1 saturated heterocycles. The summed E-state index contributed by atoms with van der Waals surface area (Å²) in [6.45, 7) is 1.85. The van der Waals surface area contributed by atoms with Gasteiger partial charge in [0.05, 0.1) is 5.69 Å².